The first-order valence-electron chi connectivity index (χ1n) is 7.64. The van der Waals surface area contributed by atoms with Crippen molar-refractivity contribution < 1.29 is 4.92 Å². The van der Waals surface area contributed by atoms with Crippen molar-refractivity contribution in [2.75, 3.05) is 0 Å². The van der Waals surface area contributed by atoms with E-state index in [0.29, 0.717) is 13.1 Å². The summed E-state index contributed by atoms with van der Waals surface area (Å²) in [6.07, 6.45) is 0. The highest BCUT2D eigenvalue weighted by atomic mass is 79.9. The monoisotopic (exact) mass is 499 g/mol. The van der Waals surface area contributed by atoms with Gasteiger partial charge in [-0.1, -0.05) is 72.3 Å². The number of nitro groups is 1. The summed E-state index contributed by atoms with van der Waals surface area (Å²) >= 11 is 12.2. The molecule has 0 bridgehead atoms. The van der Waals surface area contributed by atoms with Gasteiger partial charge in [0.1, 0.15) is 8.42 Å². The highest BCUT2D eigenvalue weighted by Gasteiger charge is 2.24. The summed E-state index contributed by atoms with van der Waals surface area (Å²) in [5.74, 6) is 0.271. The number of halogens is 3. The van der Waals surface area contributed by atoms with Crippen LogP contribution < -0.4 is 10.6 Å². The van der Waals surface area contributed by atoms with E-state index in [0.717, 1.165) is 11.1 Å². The average molecular weight is 502 g/mol. The highest BCUT2D eigenvalue weighted by Crippen LogP contribution is 2.29. The smallest absolute Gasteiger partial charge is 0.325 e. The third-order valence-electron chi connectivity index (χ3n) is 3.42. The third kappa shape index (κ3) is 6.16. The van der Waals surface area contributed by atoms with Crippen molar-refractivity contribution in [3.63, 3.8) is 0 Å². The van der Waals surface area contributed by atoms with Gasteiger partial charge in [-0.15, -0.1) is 0 Å². The molecule has 0 heterocycles. The number of benzene rings is 2. The van der Waals surface area contributed by atoms with E-state index >= 15 is 0 Å². The zero-order valence-corrected chi connectivity index (χ0v) is 17.5. The summed E-state index contributed by atoms with van der Waals surface area (Å²) < 4.78 is 0.269. The van der Waals surface area contributed by atoms with Gasteiger partial charge in [0, 0.05) is 13.1 Å². The van der Waals surface area contributed by atoms with Crippen molar-refractivity contribution in [3.8, 4) is 0 Å². The van der Waals surface area contributed by atoms with Crippen molar-refractivity contribution in [1.82, 2.24) is 10.6 Å². The minimum atomic E-state index is -0.487. The number of nitrogens with one attached hydrogen (secondary N) is 2. The fourth-order valence-electron chi connectivity index (χ4n) is 2.17. The number of hydrogen-bond acceptors (Lipinski definition) is 4. The van der Waals surface area contributed by atoms with E-state index in [1.807, 2.05) is 60.7 Å². The zero-order valence-electron chi connectivity index (χ0n) is 13.6. The van der Waals surface area contributed by atoms with E-state index in [1.165, 1.54) is 0 Å². The molecule has 5 nitrogen and oxygen atoms in total. The summed E-state index contributed by atoms with van der Waals surface area (Å²) in [4.78, 5) is 11.1. The van der Waals surface area contributed by atoms with Crippen LogP contribution in [-0.4, -0.2) is 4.92 Å². The molecule has 136 valence electrons. The van der Waals surface area contributed by atoms with Gasteiger partial charge in [-0.25, -0.2) is 0 Å². The first-order valence-corrected chi connectivity index (χ1v) is 9.61. The van der Waals surface area contributed by atoms with Crippen LogP contribution in [-0.2, 0) is 13.1 Å². The second-order valence-electron chi connectivity index (χ2n) is 5.23. The van der Waals surface area contributed by atoms with Gasteiger partial charge in [-0.3, -0.25) is 10.1 Å². The maximum absolute atomic E-state index is 11.6. The molecule has 0 aliphatic carbocycles. The van der Waals surface area contributed by atoms with Gasteiger partial charge in [0.05, 0.1) is 4.92 Å². The van der Waals surface area contributed by atoms with Gasteiger partial charge in [-0.2, -0.15) is 0 Å². The number of allylic oxidation sites excluding steroid dienone is 1. The second kappa shape index (κ2) is 10.4. The molecule has 26 heavy (non-hydrogen) atoms. The molecule has 2 rings (SSSR count). The van der Waals surface area contributed by atoms with E-state index in [2.05, 4.69) is 42.5 Å². The van der Waals surface area contributed by atoms with Crippen LogP contribution in [0.3, 0.4) is 0 Å². The lowest BCUT2D eigenvalue weighted by Crippen LogP contribution is -2.29. The van der Waals surface area contributed by atoms with Gasteiger partial charge >= 0.3 is 5.70 Å². The molecule has 0 atom stereocenters. The predicted molar refractivity (Wildman–Crippen MR) is 111 cm³/mol. The number of hydrogen-bond donors (Lipinski definition) is 2. The lowest BCUT2D eigenvalue weighted by molar-refractivity contribution is -0.421. The van der Waals surface area contributed by atoms with Crippen LogP contribution in [0.1, 0.15) is 11.1 Å². The normalized spacial score (nSPS) is 11.3. The lowest BCUT2D eigenvalue weighted by Gasteiger charge is -2.15. The van der Waals surface area contributed by atoms with Crippen LogP contribution in [0.4, 0.5) is 0 Å². The van der Waals surface area contributed by atoms with E-state index in [1.54, 1.807) is 0 Å². The molecule has 0 aliphatic rings. The maximum Gasteiger partial charge on any atom is 0.325 e. The average Bonchev–Trinajstić information content (AvgIpc) is 2.64. The van der Waals surface area contributed by atoms with Crippen molar-refractivity contribution >= 4 is 43.5 Å². The molecule has 8 heteroatoms. The van der Waals surface area contributed by atoms with Crippen molar-refractivity contribution in [2.24, 2.45) is 0 Å². The largest absolute Gasteiger partial charge is 0.362 e. The standard InChI is InChI=1S/C18H16Br2ClN3O2/c19-15(17(20)21)16(24(25)26)18(22-11-13-7-3-1-4-8-13)23-12-14-9-5-2-6-10-14/h1-10,22-23H,11-12H2/b17-15-. The highest BCUT2D eigenvalue weighted by molar-refractivity contribution is 9.14. The molecule has 0 fully saturated rings. The molecule has 0 amide bonds. The van der Waals surface area contributed by atoms with Crippen molar-refractivity contribution in [1.29, 1.82) is 0 Å². The Balaban J connectivity index is 2.30. The zero-order chi connectivity index (χ0) is 18.9. The summed E-state index contributed by atoms with van der Waals surface area (Å²) in [6.45, 7) is 0.852. The van der Waals surface area contributed by atoms with Crippen LogP contribution in [0.25, 0.3) is 0 Å². The molecule has 2 aromatic rings. The Morgan fingerprint density at radius 3 is 1.69 bits per heavy atom. The summed E-state index contributed by atoms with van der Waals surface area (Å²) in [5.41, 5.74) is 1.82. The van der Waals surface area contributed by atoms with E-state index in [9.17, 15) is 10.1 Å². The fraction of sp³-hybridized carbons (Fsp3) is 0.111. The van der Waals surface area contributed by atoms with Gasteiger partial charge in [0.25, 0.3) is 0 Å². The second-order valence-corrected chi connectivity index (χ2v) is 7.65. The minimum Gasteiger partial charge on any atom is -0.362 e. The van der Waals surface area contributed by atoms with Crippen LogP contribution in [0.2, 0.25) is 0 Å². The first-order chi connectivity index (χ1) is 12.5. The van der Waals surface area contributed by atoms with Gasteiger partial charge in [0.15, 0.2) is 5.82 Å². The SMILES string of the molecule is O=[N+]([O-])C(=C(NCc1ccccc1)NCc1ccccc1)/C(Br)=C(/Cl)Br. The Morgan fingerprint density at radius 2 is 1.35 bits per heavy atom. The Bertz CT molecular complexity index is 762. The molecular formula is C18H16Br2ClN3O2. The topological polar surface area (TPSA) is 67.2 Å². The molecule has 0 saturated carbocycles. The Morgan fingerprint density at radius 1 is 0.923 bits per heavy atom. The van der Waals surface area contributed by atoms with Gasteiger partial charge in [0.2, 0.25) is 0 Å². The van der Waals surface area contributed by atoms with Gasteiger partial charge < -0.3 is 10.6 Å². The molecule has 0 spiro atoms. The van der Waals surface area contributed by atoms with Crippen LogP contribution in [0.15, 0.2) is 80.6 Å². The Hall–Kier alpha value is -1.83. The minimum absolute atomic E-state index is 0.115. The summed E-state index contributed by atoms with van der Waals surface area (Å²) in [5, 5.41) is 17.8. The molecule has 2 N–H and O–H groups in total. The number of rotatable bonds is 8. The molecule has 0 aromatic heterocycles. The Labute approximate surface area is 173 Å². The lowest BCUT2D eigenvalue weighted by atomic mass is 10.2. The Kier molecular flexibility index (Phi) is 8.15. The summed E-state index contributed by atoms with van der Waals surface area (Å²) in [6, 6.07) is 19.3. The van der Waals surface area contributed by atoms with E-state index < -0.39 is 4.92 Å². The van der Waals surface area contributed by atoms with E-state index in [-0.39, 0.29) is 19.9 Å². The van der Waals surface area contributed by atoms with Crippen LogP contribution in [0, 0.1) is 10.1 Å². The van der Waals surface area contributed by atoms with Crippen molar-refractivity contribution in [2.45, 2.75) is 13.1 Å². The quantitative estimate of drug-likeness (QED) is 0.296. The molecular weight excluding hydrogens is 485 g/mol. The van der Waals surface area contributed by atoms with E-state index in [4.69, 9.17) is 11.6 Å². The molecule has 0 aliphatic heterocycles. The maximum atomic E-state index is 11.6. The predicted octanol–water partition coefficient (Wildman–Crippen LogP) is 5.21. The van der Waals surface area contributed by atoms with Crippen LogP contribution in [0.5, 0.6) is 0 Å². The summed E-state index contributed by atoms with van der Waals surface area (Å²) in [7, 11) is 0. The number of nitrogens with zero attached hydrogens (tertiary/aromatic N) is 1. The van der Waals surface area contributed by atoms with Crippen molar-refractivity contribution in [3.05, 3.63) is 102 Å². The van der Waals surface area contributed by atoms with Gasteiger partial charge in [-0.05, 0) is 43.0 Å². The molecule has 2 aromatic carbocycles. The fourth-order valence-corrected chi connectivity index (χ4v) is 2.79. The van der Waals surface area contributed by atoms with Crippen LogP contribution >= 0.6 is 43.5 Å². The third-order valence-corrected chi connectivity index (χ3v) is 5.54. The molecule has 0 unspecified atom stereocenters. The molecule has 0 radical (unpaired) electrons. The first kappa shape index (κ1) is 20.5. The molecule has 0 saturated heterocycles.